The van der Waals surface area contributed by atoms with Crippen LogP contribution < -0.4 is 15.8 Å². The van der Waals surface area contributed by atoms with E-state index in [2.05, 4.69) is 26.2 Å². The van der Waals surface area contributed by atoms with Crippen molar-refractivity contribution in [1.82, 2.24) is 5.32 Å². The maximum absolute atomic E-state index is 11.5. The van der Waals surface area contributed by atoms with Crippen LogP contribution in [0.5, 0.6) is 5.75 Å². The van der Waals surface area contributed by atoms with E-state index >= 15 is 0 Å². The van der Waals surface area contributed by atoms with Crippen LogP contribution in [0.25, 0.3) is 0 Å². The fourth-order valence-corrected chi connectivity index (χ4v) is 2.06. The second-order valence-electron chi connectivity index (χ2n) is 3.30. The molecule has 3 N–H and O–H groups in total. The Morgan fingerprint density at radius 3 is 2.81 bits per heavy atom. The molecule has 2 rings (SSSR count). The van der Waals surface area contributed by atoms with Crippen LogP contribution in [0.4, 0.5) is 0 Å². The van der Waals surface area contributed by atoms with Crippen molar-refractivity contribution < 1.29 is 9.53 Å². The minimum Gasteiger partial charge on any atom is -0.496 e. The van der Waals surface area contributed by atoms with Gasteiger partial charge in [0.1, 0.15) is 5.75 Å². The average molecular weight is 284 g/mol. The first-order valence-electron chi connectivity index (χ1n) is 4.59. The number of carbonyl (C=O) groups excluding carboxylic acids is 1. The van der Waals surface area contributed by atoms with Gasteiger partial charge in [-0.1, -0.05) is 6.07 Å². The number of hydrogen-bond acceptors (Lipinski definition) is 4. The third-order valence-electron chi connectivity index (χ3n) is 2.26. The van der Waals surface area contributed by atoms with Crippen molar-refractivity contribution in [3.63, 3.8) is 0 Å². The van der Waals surface area contributed by atoms with Crippen LogP contribution in [0.2, 0.25) is 0 Å². The summed E-state index contributed by atoms with van der Waals surface area (Å²) in [5.74, 6) is 0.649. The van der Waals surface area contributed by atoms with Crippen LogP contribution in [0.3, 0.4) is 0 Å². The molecule has 5 nitrogen and oxygen atoms in total. The Morgan fingerprint density at radius 1 is 1.56 bits per heavy atom. The lowest BCUT2D eigenvalue weighted by Gasteiger charge is -2.08. The van der Waals surface area contributed by atoms with Gasteiger partial charge >= 0.3 is 0 Å². The smallest absolute Gasteiger partial charge is 0.256 e. The first kappa shape index (κ1) is 10.9. The Kier molecular flexibility index (Phi) is 2.82. The first-order chi connectivity index (χ1) is 7.61. The number of amides is 1. The third-order valence-corrected chi connectivity index (χ3v) is 2.88. The molecule has 1 aromatic carbocycles. The molecule has 0 aliphatic carbocycles. The normalized spacial score (nSPS) is 19.2. The highest BCUT2D eigenvalue weighted by Gasteiger charge is 2.26. The largest absolute Gasteiger partial charge is 0.496 e. The highest BCUT2D eigenvalue weighted by atomic mass is 79.9. The molecule has 6 heteroatoms. The molecule has 0 spiro atoms. The van der Waals surface area contributed by atoms with E-state index in [9.17, 15) is 4.79 Å². The van der Waals surface area contributed by atoms with Gasteiger partial charge < -0.3 is 10.5 Å². The predicted octanol–water partition coefficient (Wildman–Crippen LogP) is 0.943. The van der Waals surface area contributed by atoms with E-state index in [-0.39, 0.29) is 11.9 Å². The number of nitrogens with one attached hydrogen (secondary N) is 1. The molecular formula is C10H10BrN3O2. The molecule has 1 amide bonds. The standard InChI is InChI=1S/C10H10BrN3O2/c1-16-7-3-2-5(4-6(7)11)8-9(15)14-10(12)13-8/h2-4,8H,1H3,(H3,12,13,14,15). The van der Waals surface area contributed by atoms with E-state index in [4.69, 9.17) is 10.5 Å². The number of guanidine groups is 1. The van der Waals surface area contributed by atoms with E-state index in [0.717, 1.165) is 10.0 Å². The number of rotatable bonds is 2. The third kappa shape index (κ3) is 1.88. The number of methoxy groups -OCH3 is 1. The van der Waals surface area contributed by atoms with E-state index in [1.165, 1.54) is 0 Å². The Labute approximate surface area is 101 Å². The maximum Gasteiger partial charge on any atom is 0.256 e. The molecule has 0 radical (unpaired) electrons. The zero-order valence-corrected chi connectivity index (χ0v) is 10.1. The maximum atomic E-state index is 11.5. The number of ether oxygens (including phenoxy) is 1. The lowest BCUT2D eigenvalue weighted by atomic mass is 10.1. The summed E-state index contributed by atoms with van der Waals surface area (Å²) >= 11 is 3.35. The molecule has 1 heterocycles. The number of benzene rings is 1. The van der Waals surface area contributed by atoms with Crippen molar-refractivity contribution in [2.75, 3.05) is 7.11 Å². The highest BCUT2D eigenvalue weighted by molar-refractivity contribution is 9.10. The molecule has 1 unspecified atom stereocenters. The van der Waals surface area contributed by atoms with Crippen molar-refractivity contribution in [3.8, 4) is 5.75 Å². The lowest BCUT2D eigenvalue weighted by molar-refractivity contribution is -0.120. The highest BCUT2D eigenvalue weighted by Crippen LogP contribution is 2.30. The van der Waals surface area contributed by atoms with Crippen molar-refractivity contribution in [2.45, 2.75) is 6.04 Å². The van der Waals surface area contributed by atoms with Gasteiger partial charge in [0.15, 0.2) is 12.0 Å². The van der Waals surface area contributed by atoms with Crippen LogP contribution >= 0.6 is 15.9 Å². The van der Waals surface area contributed by atoms with Gasteiger partial charge in [-0.05, 0) is 33.6 Å². The van der Waals surface area contributed by atoms with Gasteiger partial charge in [-0.2, -0.15) is 0 Å². The second kappa shape index (κ2) is 4.13. The summed E-state index contributed by atoms with van der Waals surface area (Å²) < 4.78 is 5.88. The van der Waals surface area contributed by atoms with Crippen LogP contribution in [0.1, 0.15) is 11.6 Å². The summed E-state index contributed by atoms with van der Waals surface area (Å²) in [5, 5.41) is 2.46. The first-order valence-corrected chi connectivity index (χ1v) is 5.38. The molecule has 0 saturated heterocycles. The Morgan fingerprint density at radius 2 is 2.31 bits per heavy atom. The topological polar surface area (TPSA) is 76.7 Å². The quantitative estimate of drug-likeness (QED) is 0.848. The van der Waals surface area contributed by atoms with Gasteiger partial charge in [0.2, 0.25) is 0 Å². The van der Waals surface area contributed by atoms with E-state index < -0.39 is 6.04 Å². The van der Waals surface area contributed by atoms with Gasteiger partial charge in [-0.3, -0.25) is 10.1 Å². The average Bonchev–Trinajstić information content (AvgIpc) is 2.58. The number of nitrogens with zero attached hydrogens (tertiary/aromatic N) is 1. The minimum absolute atomic E-state index is 0.155. The summed E-state index contributed by atoms with van der Waals surface area (Å²) in [6, 6.07) is 4.79. The molecule has 1 aliphatic rings. The SMILES string of the molecule is COc1ccc(C2N=C(N)NC2=O)cc1Br. The lowest BCUT2D eigenvalue weighted by Crippen LogP contribution is -2.31. The monoisotopic (exact) mass is 283 g/mol. The second-order valence-corrected chi connectivity index (χ2v) is 4.15. The molecule has 16 heavy (non-hydrogen) atoms. The molecule has 0 saturated carbocycles. The van der Waals surface area contributed by atoms with Crippen LogP contribution in [0, 0.1) is 0 Å². The Hall–Kier alpha value is -1.56. The summed E-state index contributed by atoms with van der Waals surface area (Å²) in [4.78, 5) is 15.5. The van der Waals surface area contributed by atoms with Gasteiger partial charge in [0, 0.05) is 0 Å². The fraction of sp³-hybridized carbons (Fsp3) is 0.200. The minimum atomic E-state index is -0.567. The van der Waals surface area contributed by atoms with Crippen LogP contribution in [0.15, 0.2) is 27.7 Å². The van der Waals surface area contributed by atoms with Gasteiger partial charge in [-0.15, -0.1) is 0 Å². The number of carbonyl (C=O) groups is 1. The molecule has 1 aromatic rings. The summed E-state index contributed by atoms with van der Waals surface area (Å²) in [5.41, 5.74) is 6.20. The van der Waals surface area contributed by atoms with Gasteiger partial charge in [0.05, 0.1) is 11.6 Å². The summed E-state index contributed by atoms with van der Waals surface area (Å²) in [6.07, 6.45) is 0. The van der Waals surface area contributed by atoms with Crippen molar-refractivity contribution in [2.24, 2.45) is 10.7 Å². The zero-order valence-electron chi connectivity index (χ0n) is 8.53. The van der Waals surface area contributed by atoms with Crippen molar-refractivity contribution in [1.29, 1.82) is 0 Å². The number of aliphatic imine (C=N–C) groups is 1. The van der Waals surface area contributed by atoms with Gasteiger partial charge in [-0.25, -0.2) is 4.99 Å². The van der Waals surface area contributed by atoms with E-state index in [1.807, 2.05) is 0 Å². The van der Waals surface area contributed by atoms with Crippen LogP contribution in [-0.2, 0) is 4.79 Å². The fourth-order valence-electron chi connectivity index (χ4n) is 1.50. The number of nitrogens with two attached hydrogens (primary N) is 1. The van der Waals surface area contributed by atoms with Crippen LogP contribution in [-0.4, -0.2) is 19.0 Å². The molecule has 84 valence electrons. The molecule has 0 fully saturated rings. The number of hydrogen-bond donors (Lipinski definition) is 2. The molecule has 0 aromatic heterocycles. The Balaban J connectivity index is 2.35. The summed E-state index contributed by atoms with van der Waals surface area (Å²) in [7, 11) is 1.58. The molecule has 1 aliphatic heterocycles. The van der Waals surface area contributed by atoms with Gasteiger partial charge in [0.25, 0.3) is 5.91 Å². The molecule has 0 bridgehead atoms. The van der Waals surface area contributed by atoms with Crippen molar-refractivity contribution >= 4 is 27.8 Å². The molecule has 1 atom stereocenters. The van der Waals surface area contributed by atoms with E-state index in [0.29, 0.717) is 5.75 Å². The molecular weight excluding hydrogens is 274 g/mol. The predicted molar refractivity (Wildman–Crippen MR) is 63.2 cm³/mol. The zero-order chi connectivity index (χ0) is 11.7. The Bertz CT molecular complexity index is 473. The number of halogens is 1. The summed E-state index contributed by atoms with van der Waals surface area (Å²) in [6.45, 7) is 0. The van der Waals surface area contributed by atoms with Crippen molar-refractivity contribution in [3.05, 3.63) is 28.2 Å². The van der Waals surface area contributed by atoms with E-state index in [1.54, 1.807) is 25.3 Å².